The number of nitrogens with one attached hydrogen (secondary N) is 1. The van der Waals surface area contributed by atoms with Gasteiger partial charge in [-0.2, -0.15) is 0 Å². The van der Waals surface area contributed by atoms with Gasteiger partial charge in [-0.05, 0) is 63.2 Å². The standard InChI is InChI=1S/C26H28FN5O3S2/c1-17-15-22-23(27)5-4-6-24(22)32(17)19(3)25(33)31-13-12-30(16-18(31)2)20-7-9-21(10-8-20)37(34,35)29-26-28-11-14-36-26/h4-11,14-15,18-19H,12-13,16H2,1-3H3,(H,28,29)/t18-,19-/m1/s1. The van der Waals surface area contributed by atoms with Crippen molar-refractivity contribution in [3.05, 3.63) is 71.6 Å². The molecule has 2 aromatic carbocycles. The largest absolute Gasteiger partial charge is 0.368 e. The first-order valence-electron chi connectivity index (χ1n) is 12.0. The molecule has 4 aromatic rings. The number of halogens is 1. The van der Waals surface area contributed by atoms with Gasteiger partial charge in [-0.25, -0.2) is 17.8 Å². The molecule has 1 fully saturated rings. The van der Waals surface area contributed by atoms with Crippen molar-refractivity contribution in [1.82, 2.24) is 14.5 Å². The van der Waals surface area contributed by atoms with Crippen LogP contribution in [0.5, 0.6) is 0 Å². The van der Waals surface area contributed by atoms with Gasteiger partial charge < -0.3 is 14.4 Å². The maximum Gasteiger partial charge on any atom is 0.263 e. The van der Waals surface area contributed by atoms with Crippen LogP contribution in [0.3, 0.4) is 0 Å². The lowest BCUT2D eigenvalue weighted by Crippen LogP contribution is -2.55. The van der Waals surface area contributed by atoms with Gasteiger partial charge in [-0.3, -0.25) is 9.52 Å². The van der Waals surface area contributed by atoms with E-state index in [1.807, 2.05) is 36.3 Å². The fraction of sp³-hybridized carbons (Fsp3) is 0.308. The minimum atomic E-state index is -3.71. The summed E-state index contributed by atoms with van der Waals surface area (Å²) in [4.78, 5) is 21.7. The van der Waals surface area contributed by atoms with Crippen molar-refractivity contribution in [2.75, 3.05) is 29.3 Å². The Morgan fingerprint density at radius 3 is 2.62 bits per heavy atom. The molecule has 2 aromatic heterocycles. The van der Waals surface area contributed by atoms with E-state index in [2.05, 4.69) is 14.6 Å². The normalized spacial score (nSPS) is 17.2. The number of carbonyl (C=O) groups excluding carboxylic acids is 1. The molecule has 11 heteroatoms. The van der Waals surface area contributed by atoms with Gasteiger partial charge in [-0.15, -0.1) is 11.3 Å². The molecule has 194 valence electrons. The SMILES string of the molecule is Cc1cc2c(F)cccc2n1[C@H](C)C(=O)N1CCN(c2ccc(S(=O)(=O)Nc3nccs3)cc2)C[C@H]1C. The lowest BCUT2D eigenvalue weighted by molar-refractivity contribution is -0.136. The zero-order valence-corrected chi connectivity index (χ0v) is 22.4. The van der Waals surface area contributed by atoms with E-state index in [9.17, 15) is 17.6 Å². The Hall–Kier alpha value is -3.44. The van der Waals surface area contributed by atoms with Crippen LogP contribution in [-0.4, -0.2) is 54.5 Å². The third kappa shape index (κ3) is 4.80. The van der Waals surface area contributed by atoms with Crippen molar-refractivity contribution in [3.63, 3.8) is 0 Å². The van der Waals surface area contributed by atoms with Crippen LogP contribution >= 0.6 is 11.3 Å². The highest BCUT2D eigenvalue weighted by molar-refractivity contribution is 7.93. The molecule has 0 unspecified atom stereocenters. The highest BCUT2D eigenvalue weighted by Gasteiger charge is 2.32. The van der Waals surface area contributed by atoms with Gasteiger partial charge in [0.1, 0.15) is 11.9 Å². The third-order valence-corrected chi connectivity index (χ3v) is 9.02. The number of amides is 1. The number of aryl methyl sites for hydroxylation is 1. The summed E-state index contributed by atoms with van der Waals surface area (Å²) in [6.45, 7) is 7.52. The Morgan fingerprint density at radius 1 is 1.19 bits per heavy atom. The van der Waals surface area contributed by atoms with Crippen LogP contribution in [0.2, 0.25) is 0 Å². The summed E-state index contributed by atoms with van der Waals surface area (Å²) in [5.74, 6) is -0.300. The number of hydrogen-bond donors (Lipinski definition) is 1. The van der Waals surface area contributed by atoms with Crippen LogP contribution in [0, 0.1) is 12.7 Å². The molecule has 5 rings (SSSR count). The lowest BCUT2D eigenvalue weighted by Gasteiger charge is -2.42. The molecular weight excluding hydrogens is 513 g/mol. The van der Waals surface area contributed by atoms with Crippen molar-refractivity contribution in [3.8, 4) is 0 Å². The monoisotopic (exact) mass is 541 g/mol. The van der Waals surface area contributed by atoms with Gasteiger partial charge in [-0.1, -0.05) is 6.07 Å². The maximum atomic E-state index is 14.3. The van der Waals surface area contributed by atoms with Crippen LogP contribution in [0.4, 0.5) is 15.2 Å². The Bertz CT molecular complexity index is 1530. The number of piperazine rings is 1. The number of anilines is 2. The third-order valence-electron chi connectivity index (χ3n) is 6.84. The molecule has 1 aliphatic rings. The Labute approximate surface area is 219 Å². The summed E-state index contributed by atoms with van der Waals surface area (Å²) in [5.41, 5.74) is 2.44. The number of rotatable bonds is 6. The summed E-state index contributed by atoms with van der Waals surface area (Å²) in [6, 6.07) is 12.9. The van der Waals surface area contributed by atoms with E-state index in [4.69, 9.17) is 0 Å². The van der Waals surface area contributed by atoms with Crippen molar-refractivity contribution in [2.24, 2.45) is 0 Å². The zero-order valence-electron chi connectivity index (χ0n) is 20.8. The van der Waals surface area contributed by atoms with Gasteiger partial charge >= 0.3 is 0 Å². The Morgan fingerprint density at radius 2 is 1.95 bits per heavy atom. The Balaban J connectivity index is 1.27. The summed E-state index contributed by atoms with van der Waals surface area (Å²) < 4.78 is 43.9. The van der Waals surface area contributed by atoms with Crippen molar-refractivity contribution in [2.45, 2.75) is 37.8 Å². The average Bonchev–Trinajstić information content (AvgIpc) is 3.50. The molecule has 1 aliphatic heterocycles. The van der Waals surface area contributed by atoms with Gasteiger partial charge in [0.05, 0.1) is 10.4 Å². The van der Waals surface area contributed by atoms with Crippen molar-refractivity contribution in [1.29, 1.82) is 0 Å². The molecular formula is C26H28FN5O3S2. The van der Waals surface area contributed by atoms with E-state index in [0.29, 0.717) is 35.7 Å². The minimum Gasteiger partial charge on any atom is -0.368 e. The maximum absolute atomic E-state index is 14.3. The average molecular weight is 542 g/mol. The van der Waals surface area contributed by atoms with Crippen molar-refractivity contribution >= 4 is 49.0 Å². The highest BCUT2D eigenvalue weighted by atomic mass is 32.2. The van der Waals surface area contributed by atoms with E-state index >= 15 is 0 Å². The summed E-state index contributed by atoms with van der Waals surface area (Å²) in [7, 11) is -3.71. The summed E-state index contributed by atoms with van der Waals surface area (Å²) >= 11 is 1.22. The lowest BCUT2D eigenvalue weighted by atomic mass is 10.1. The molecule has 3 heterocycles. The van der Waals surface area contributed by atoms with Gasteiger partial charge in [0.25, 0.3) is 10.0 Å². The van der Waals surface area contributed by atoms with Gasteiger partial charge in [0.15, 0.2) is 5.13 Å². The quantitative estimate of drug-likeness (QED) is 0.384. The first-order valence-corrected chi connectivity index (χ1v) is 14.4. The van der Waals surface area contributed by atoms with E-state index in [1.54, 1.807) is 48.0 Å². The molecule has 1 N–H and O–H groups in total. The van der Waals surface area contributed by atoms with Crippen LogP contribution in [0.15, 0.2) is 65.0 Å². The number of hydrogen-bond acceptors (Lipinski definition) is 6. The number of fused-ring (bicyclic) bond motifs is 1. The van der Waals surface area contributed by atoms with Crippen LogP contribution in [0.25, 0.3) is 10.9 Å². The second kappa shape index (κ2) is 9.79. The predicted octanol–water partition coefficient (Wildman–Crippen LogP) is 4.64. The molecule has 0 saturated carbocycles. The molecule has 1 saturated heterocycles. The first-order chi connectivity index (χ1) is 17.7. The Kier molecular flexibility index (Phi) is 6.67. The second-order valence-electron chi connectivity index (χ2n) is 9.27. The number of sulfonamides is 1. The molecule has 0 bridgehead atoms. The van der Waals surface area contributed by atoms with E-state index in [0.717, 1.165) is 11.4 Å². The highest BCUT2D eigenvalue weighted by Crippen LogP contribution is 2.29. The molecule has 2 atom stereocenters. The van der Waals surface area contributed by atoms with Crippen molar-refractivity contribution < 1.29 is 17.6 Å². The van der Waals surface area contributed by atoms with Gasteiger partial charge in [0, 0.05) is 54.0 Å². The predicted molar refractivity (Wildman–Crippen MR) is 144 cm³/mol. The molecule has 1 amide bonds. The zero-order chi connectivity index (χ0) is 26.3. The molecule has 0 spiro atoms. The molecule has 37 heavy (non-hydrogen) atoms. The fourth-order valence-corrected chi connectivity index (χ4v) is 6.80. The number of benzene rings is 2. The van der Waals surface area contributed by atoms with Crippen LogP contribution in [-0.2, 0) is 14.8 Å². The smallest absolute Gasteiger partial charge is 0.263 e. The number of thiazole rings is 1. The van der Waals surface area contributed by atoms with Gasteiger partial charge in [0.2, 0.25) is 5.91 Å². The molecule has 0 aliphatic carbocycles. The van der Waals surface area contributed by atoms with E-state index in [-0.39, 0.29) is 22.7 Å². The molecule has 0 radical (unpaired) electrons. The fourth-order valence-electron chi connectivity index (χ4n) is 5.01. The second-order valence-corrected chi connectivity index (χ2v) is 11.8. The van der Waals surface area contributed by atoms with Crippen LogP contribution < -0.4 is 9.62 Å². The van der Waals surface area contributed by atoms with E-state index in [1.165, 1.54) is 17.4 Å². The minimum absolute atomic E-state index is 0.00767. The number of nitrogens with zero attached hydrogens (tertiary/aromatic N) is 4. The summed E-state index contributed by atoms with van der Waals surface area (Å²) in [5, 5.41) is 2.54. The number of carbonyl (C=O) groups is 1. The van der Waals surface area contributed by atoms with E-state index < -0.39 is 16.1 Å². The molecule has 8 nitrogen and oxygen atoms in total. The van der Waals surface area contributed by atoms with Crippen LogP contribution in [0.1, 0.15) is 25.6 Å². The summed E-state index contributed by atoms with van der Waals surface area (Å²) in [6.07, 6.45) is 1.54. The number of aromatic nitrogens is 2. The first kappa shape index (κ1) is 25.2. The topological polar surface area (TPSA) is 87.5 Å².